The van der Waals surface area contributed by atoms with Crippen molar-refractivity contribution >= 4 is 11.9 Å². The number of rotatable bonds is 13. The molecule has 1 N–H and O–H groups in total. The predicted molar refractivity (Wildman–Crippen MR) is 134 cm³/mol. The average molecular weight is 478 g/mol. The Morgan fingerprint density at radius 1 is 1.09 bits per heavy atom. The number of nitrogens with zero attached hydrogens (tertiary/aromatic N) is 1. The van der Waals surface area contributed by atoms with Crippen LogP contribution in [0.25, 0.3) is 11.3 Å². The minimum atomic E-state index is -2.11. The summed E-state index contributed by atoms with van der Waals surface area (Å²) >= 11 is 0. The Labute approximate surface area is 209 Å². The van der Waals surface area contributed by atoms with Crippen molar-refractivity contribution < 1.29 is 26.6 Å². The summed E-state index contributed by atoms with van der Waals surface area (Å²) in [5, 5.41) is 8.79. The Morgan fingerprint density at radius 2 is 1.86 bits per heavy atom. The topological polar surface area (TPSA) is 80.0 Å². The molecule has 1 saturated carbocycles. The van der Waals surface area contributed by atoms with Crippen LogP contribution in [0.5, 0.6) is 5.75 Å². The van der Waals surface area contributed by atoms with Crippen molar-refractivity contribution in [2.24, 2.45) is 5.92 Å². The molecule has 6 heteroatoms. The van der Waals surface area contributed by atoms with E-state index < -0.39 is 12.5 Å². The van der Waals surface area contributed by atoms with Gasteiger partial charge in [0.2, 0.25) is 0 Å². The lowest BCUT2D eigenvalue weighted by atomic mass is 10.1. The summed E-state index contributed by atoms with van der Waals surface area (Å²) in [6, 6.07) is 17.3. The van der Waals surface area contributed by atoms with Crippen LogP contribution < -0.4 is 4.74 Å². The summed E-state index contributed by atoms with van der Waals surface area (Å²) in [5.41, 5.74) is 1.55. The summed E-state index contributed by atoms with van der Waals surface area (Å²) in [7, 11) is 0. The number of benzene rings is 2. The van der Waals surface area contributed by atoms with Gasteiger partial charge in [-0.05, 0) is 75.3 Å². The number of carboxylic acids is 1. The first-order valence-electron chi connectivity index (χ1n) is 13.2. The van der Waals surface area contributed by atoms with Crippen LogP contribution in [0.3, 0.4) is 0 Å². The molecule has 0 spiro atoms. The standard InChI is InChI=1S/C29H33NO5/c1-21(22-12-13-22)30(29(33)24-16-14-23(15-17-24)26-10-7-19-35-26)20-25-8-4-5-9-27(25)34-18-6-2-3-11-28(31)32/h4-5,7-10,14-17,19,21-22H,2-3,6,11-13,18,20H2,1H3,(H,31,32)/i20D2. The van der Waals surface area contributed by atoms with Crippen LogP contribution in [0.2, 0.25) is 0 Å². The zero-order valence-electron chi connectivity index (χ0n) is 22.0. The first-order valence-corrected chi connectivity index (χ1v) is 12.2. The zero-order valence-corrected chi connectivity index (χ0v) is 20.0. The van der Waals surface area contributed by atoms with Crippen molar-refractivity contribution in [3.05, 3.63) is 78.1 Å². The Balaban J connectivity index is 1.55. The van der Waals surface area contributed by atoms with Crippen LogP contribution in [0, 0.1) is 5.92 Å². The fraction of sp³-hybridized carbons (Fsp3) is 0.379. The number of furan rings is 1. The van der Waals surface area contributed by atoms with E-state index in [4.69, 9.17) is 17.0 Å². The molecule has 1 atom stereocenters. The number of carbonyl (C=O) groups excluding carboxylic acids is 1. The van der Waals surface area contributed by atoms with Gasteiger partial charge in [-0.1, -0.05) is 30.3 Å². The van der Waals surface area contributed by atoms with E-state index in [1.807, 2.05) is 25.1 Å². The molecule has 1 fully saturated rings. The fourth-order valence-electron chi connectivity index (χ4n) is 4.04. The third-order valence-electron chi connectivity index (χ3n) is 6.29. The largest absolute Gasteiger partial charge is 0.493 e. The van der Waals surface area contributed by atoms with Gasteiger partial charge >= 0.3 is 5.97 Å². The Kier molecular flexibility index (Phi) is 7.36. The molecule has 1 heterocycles. The minimum absolute atomic E-state index is 0.123. The van der Waals surface area contributed by atoms with Crippen LogP contribution in [-0.4, -0.2) is 34.5 Å². The van der Waals surface area contributed by atoms with Crippen molar-refractivity contribution in [3.8, 4) is 17.1 Å². The maximum Gasteiger partial charge on any atom is 0.303 e. The quantitative estimate of drug-likeness (QED) is 0.288. The lowest BCUT2D eigenvalue weighted by Crippen LogP contribution is -2.39. The predicted octanol–water partition coefficient (Wildman–Crippen LogP) is 6.41. The van der Waals surface area contributed by atoms with Gasteiger partial charge in [0.25, 0.3) is 5.91 Å². The van der Waals surface area contributed by atoms with Crippen molar-refractivity contribution in [2.45, 2.75) is 58.0 Å². The molecule has 6 nitrogen and oxygen atoms in total. The third kappa shape index (κ3) is 6.75. The van der Waals surface area contributed by atoms with Gasteiger partial charge in [0.1, 0.15) is 11.5 Å². The van der Waals surface area contributed by atoms with Gasteiger partial charge in [-0.3, -0.25) is 9.59 Å². The van der Waals surface area contributed by atoms with Crippen LogP contribution in [0.1, 0.15) is 64.1 Å². The highest BCUT2D eigenvalue weighted by atomic mass is 16.5. The van der Waals surface area contributed by atoms with E-state index in [0.717, 1.165) is 18.4 Å². The summed E-state index contributed by atoms with van der Waals surface area (Å²) in [6.07, 6.45) is 5.59. The van der Waals surface area contributed by atoms with E-state index in [2.05, 4.69) is 0 Å². The van der Waals surface area contributed by atoms with Crippen molar-refractivity contribution in [3.63, 3.8) is 0 Å². The number of carboxylic acid groups (broad SMARTS) is 1. The molecule has 35 heavy (non-hydrogen) atoms. The monoisotopic (exact) mass is 477 g/mol. The first kappa shape index (κ1) is 22.0. The van der Waals surface area contributed by atoms with Gasteiger partial charge in [-0.2, -0.15) is 0 Å². The molecule has 0 saturated heterocycles. The van der Waals surface area contributed by atoms with E-state index in [0.29, 0.717) is 48.5 Å². The van der Waals surface area contributed by atoms with Crippen molar-refractivity contribution in [2.75, 3.05) is 6.61 Å². The molecule has 0 bridgehead atoms. The molecule has 1 amide bonds. The van der Waals surface area contributed by atoms with Gasteiger partial charge < -0.3 is 19.2 Å². The number of carbonyl (C=O) groups is 2. The first-order chi connectivity index (χ1) is 17.8. The summed E-state index contributed by atoms with van der Waals surface area (Å²) in [6.45, 7) is 0.141. The third-order valence-corrected chi connectivity index (χ3v) is 6.29. The highest BCUT2D eigenvalue weighted by Gasteiger charge is 2.35. The Hall–Kier alpha value is -3.54. The molecule has 4 rings (SSSR count). The maximum absolute atomic E-state index is 13.8. The zero-order chi connectivity index (χ0) is 26.4. The van der Waals surface area contributed by atoms with Crippen LogP contribution >= 0.6 is 0 Å². The van der Waals surface area contributed by atoms with Gasteiger partial charge in [0, 0.05) is 35.6 Å². The molecule has 1 aromatic heterocycles. The molecule has 1 unspecified atom stereocenters. The Bertz CT molecular complexity index is 1190. The number of unbranched alkanes of at least 4 members (excludes halogenated alkanes) is 2. The second-order valence-corrected chi connectivity index (χ2v) is 8.97. The van der Waals surface area contributed by atoms with E-state index >= 15 is 0 Å². The molecular formula is C29H33NO5. The summed E-state index contributed by atoms with van der Waals surface area (Å²) in [5.74, 6) is 0.151. The molecule has 2 aromatic carbocycles. The van der Waals surface area contributed by atoms with Crippen molar-refractivity contribution in [1.82, 2.24) is 4.90 Å². The molecule has 0 aliphatic heterocycles. The second kappa shape index (κ2) is 11.7. The van der Waals surface area contributed by atoms with Crippen LogP contribution in [0.15, 0.2) is 71.3 Å². The van der Waals surface area contributed by atoms with E-state index in [1.54, 1.807) is 48.7 Å². The summed E-state index contributed by atoms with van der Waals surface area (Å²) in [4.78, 5) is 25.9. The van der Waals surface area contributed by atoms with E-state index in [9.17, 15) is 9.59 Å². The molecule has 3 aromatic rings. The maximum atomic E-state index is 13.8. The molecule has 1 aliphatic rings. The highest BCUT2D eigenvalue weighted by Crippen LogP contribution is 2.37. The smallest absolute Gasteiger partial charge is 0.303 e. The van der Waals surface area contributed by atoms with Gasteiger partial charge in [0.15, 0.2) is 0 Å². The minimum Gasteiger partial charge on any atom is -0.493 e. The average Bonchev–Trinajstić information content (AvgIpc) is 3.60. The molecular weight excluding hydrogens is 442 g/mol. The number of hydrogen-bond acceptors (Lipinski definition) is 4. The lowest BCUT2D eigenvalue weighted by Gasteiger charge is -2.30. The highest BCUT2D eigenvalue weighted by molar-refractivity contribution is 5.95. The SMILES string of the molecule is [2H]C([2H])(c1ccccc1OCCCCCC(=O)O)N(C(=O)c1ccc(-c2ccco2)cc1)C(C)C1CC1. The number of aliphatic carboxylic acids is 1. The molecule has 0 radical (unpaired) electrons. The van der Waals surface area contributed by atoms with Gasteiger partial charge in [-0.15, -0.1) is 0 Å². The second-order valence-electron chi connectivity index (χ2n) is 8.97. The van der Waals surface area contributed by atoms with Crippen LogP contribution in [0.4, 0.5) is 0 Å². The normalized spacial score (nSPS) is 15.1. The molecule has 1 aliphatic carbocycles. The van der Waals surface area contributed by atoms with E-state index in [1.165, 1.54) is 4.90 Å². The van der Waals surface area contributed by atoms with Gasteiger partial charge in [0.05, 0.1) is 15.6 Å². The van der Waals surface area contributed by atoms with E-state index in [-0.39, 0.29) is 24.3 Å². The van der Waals surface area contributed by atoms with Crippen LogP contribution in [-0.2, 0) is 11.3 Å². The lowest BCUT2D eigenvalue weighted by molar-refractivity contribution is -0.137. The summed E-state index contributed by atoms with van der Waals surface area (Å²) < 4.78 is 29.7. The van der Waals surface area contributed by atoms with Crippen molar-refractivity contribution in [1.29, 1.82) is 0 Å². The number of amides is 1. The Morgan fingerprint density at radius 3 is 2.54 bits per heavy atom. The van der Waals surface area contributed by atoms with Gasteiger partial charge in [-0.25, -0.2) is 0 Å². The number of para-hydroxylation sites is 1. The number of hydrogen-bond donors (Lipinski definition) is 1. The molecule has 184 valence electrons. The fourth-order valence-corrected chi connectivity index (χ4v) is 4.04. The number of ether oxygens (including phenoxy) is 1.